The summed E-state index contributed by atoms with van der Waals surface area (Å²) in [5.41, 5.74) is 0. The quantitative estimate of drug-likeness (QED) is 0.183. The van der Waals surface area contributed by atoms with E-state index in [4.69, 9.17) is 19.2 Å². The lowest BCUT2D eigenvalue weighted by molar-refractivity contribution is 0.561. The summed E-state index contributed by atoms with van der Waals surface area (Å²) >= 11 is 0. The number of hydrogen-bond donors (Lipinski definition) is 4. The third kappa shape index (κ3) is 9.44. The topological polar surface area (TPSA) is 80.9 Å². The van der Waals surface area contributed by atoms with Crippen molar-refractivity contribution in [2.24, 2.45) is 0 Å². The Morgan fingerprint density at radius 2 is 1.00 bits per heavy atom. The Morgan fingerprint density at radius 1 is 0.688 bits per heavy atom. The van der Waals surface area contributed by atoms with E-state index in [-0.39, 0.29) is 10.3 Å². The van der Waals surface area contributed by atoms with Gasteiger partial charge in [0.15, 0.2) is 39.1 Å². The van der Waals surface area contributed by atoms with Crippen molar-refractivity contribution >= 4 is 60.6 Å². The summed E-state index contributed by atoms with van der Waals surface area (Å²) in [4.78, 5) is 36.1. The molecule has 98 valence electrons. The van der Waals surface area contributed by atoms with Crippen LogP contribution in [0.2, 0.25) is 10.3 Å². The van der Waals surface area contributed by atoms with Gasteiger partial charge in [0.05, 0.1) is 0 Å². The van der Waals surface area contributed by atoms with Crippen molar-refractivity contribution in [3.63, 3.8) is 0 Å². The maximum atomic E-state index is 9.02. The predicted octanol–water partition coefficient (Wildman–Crippen LogP) is -3.06. The highest BCUT2D eigenvalue weighted by Crippen LogP contribution is 2.26. The Morgan fingerprint density at radius 3 is 1.25 bits per heavy atom. The highest BCUT2D eigenvalue weighted by molar-refractivity contribution is 8.76. The molecule has 0 rings (SSSR count). The second-order valence-electron chi connectivity index (χ2n) is 3.68. The summed E-state index contributed by atoms with van der Waals surface area (Å²) in [5.74, 6) is 1.99. The summed E-state index contributed by atoms with van der Waals surface area (Å²) in [6, 6.07) is 0. The van der Waals surface area contributed by atoms with Gasteiger partial charge in [0.25, 0.3) is 0 Å². The van der Waals surface area contributed by atoms with E-state index in [0.29, 0.717) is 0 Å². The van der Waals surface area contributed by atoms with Gasteiger partial charge < -0.3 is 19.2 Å². The second kappa shape index (κ2) is 12.9. The molecule has 0 spiro atoms. The Balaban J connectivity index is 3.26. The SMILES string of the molecule is O[SiH2]C(CCSSCCC([SiH2]O)[SiH2]O)[SiH2]O. The lowest BCUT2D eigenvalue weighted by Gasteiger charge is -2.10. The van der Waals surface area contributed by atoms with E-state index in [1.54, 1.807) is 21.6 Å². The van der Waals surface area contributed by atoms with Gasteiger partial charge in [-0.15, -0.1) is 0 Å². The van der Waals surface area contributed by atoms with Crippen molar-refractivity contribution in [3.05, 3.63) is 0 Å². The smallest absolute Gasteiger partial charge is 0.158 e. The molecule has 0 aromatic rings. The zero-order valence-corrected chi connectivity index (χ0v) is 16.7. The minimum absolute atomic E-state index is 0.288. The van der Waals surface area contributed by atoms with Crippen LogP contribution in [0.3, 0.4) is 0 Å². The van der Waals surface area contributed by atoms with Gasteiger partial charge in [0.1, 0.15) is 0 Å². The van der Waals surface area contributed by atoms with Crippen molar-refractivity contribution in [1.29, 1.82) is 0 Å². The van der Waals surface area contributed by atoms with Crippen LogP contribution in [-0.2, 0) is 0 Å². The van der Waals surface area contributed by atoms with Crippen LogP contribution in [0.25, 0.3) is 0 Å². The molecular formula is C6H22O4S2Si4. The molecule has 0 heterocycles. The van der Waals surface area contributed by atoms with Gasteiger partial charge in [-0.3, -0.25) is 0 Å². The van der Waals surface area contributed by atoms with Crippen molar-refractivity contribution in [1.82, 2.24) is 0 Å². The summed E-state index contributed by atoms with van der Waals surface area (Å²) in [7, 11) is -0.427. The van der Waals surface area contributed by atoms with Crippen LogP contribution in [0.1, 0.15) is 12.8 Å². The normalized spacial score (nSPS) is 18.0. The molecule has 0 fully saturated rings. The maximum absolute atomic E-state index is 9.02. The highest BCUT2D eigenvalue weighted by atomic mass is 33.1. The first-order chi connectivity index (χ1) is 7.78. The van der Waals surface area contributed by atoms with Gasteiger partial charge in [-0.25, -0.2) is 0 Å². The molecule has 0 saturated carbocycles. The zero-order valence-electron chi connectivity index (χ0n) is 9.42. The molecule has 0 unspecified atom stereocenters. The van der Waals surface area contributed by atoms with Crippen LogP contribution in [-0.4, -0.2) is 69.7 Å². The average molecular weight is 335 g/mol. The lowest BCUT2D eigenvalue weighted by atomic mass is 10.6. The summed E-state index contributed by atoms with van der Waals surface area (Å²) in [5, 5.41) is 0.575. The molecule has 16 heavy (non-hydrogen) atoms. The molecule has 0 aromatic carbocycles. The van der Waals surface area contributed by atoms with Gasteiger partial charge in [0.2, 0.25) is 0 Å². The van der Waals surface area contributed by atoms with Crippen LogP contribution in [0.4, 0.5) is 0 Å². The first-order valence-electron chi connectivity index (χ1n) is 5.46. The summed E-state index contributed by atoms with van der Waals surface area (Å²) in [6.45, 7) is 0. The van der Waals surface area contributed by atoms with E-state index < -0.39 is 39.1 Å². The Kier molecular flexibility index (Phi) is 14.0. The first kappa shape index (κ1) is 17.4. The molecular weight excluding hydrogens is 313 g/mol. The molecule has 0 saturated heterocycles. The lowest BCUT2D eigenvalue weighted by Crippen LogP contribution is -2.12. The molecule has 4 N–H and O–H groups in total. The standard InChI is InChI=1S/C6H22O4S2Si4/c7-13-5(14-8)1-3-11-12-4-2-6(15-9)16-10/h5-10H,1-4,13-16H2. The van der Waals surface area contributed by atoms with Gasteiger partial charge in [-0.05, 0) is 23.2 Å². The largest absolute Gasteiger partial charge is 0.438 e. The Bertz CT molecular complexity index is 134. The van der Waals surface area contributed by atoms with Crippen LogP contribution >= 0.6 is 21.6 Å². The molecule has 4 nitrogen and oxygen atoms in total. The molecule has 0 aromatic heterocycles. The second-order valence-corrected chi connectivity index (χ2v) is 14.8. The maximum Gasteiger partial charge on any atom is 0.158 e. The minimum Gasteiger partial charge on any atom is -0.438 e. The molecule has 0 amide bonds. The summed E-state index contributed by atoms with van der Waals surface area (Å²) in [6.07, 6.45) is 1.91. The highest BCUT2D eigenvalue weighted by Gasteiger charge is 2.09. The molecule has 0 atom stereocenters. The first-order valence-corrected chi connectivity index (χ1v) is 13.7. The zero-order chi connectivity index (χ0) is 12.2. The molecule has 0 aliphatic heterocycles. The average Bonchev–Trinajstić information content (AvgIpc) is 2.33. The van der Waals surface area contributed by atoms with Gasteiger partial charge in [-0.2, -0.15) is 0 Å². The van der Waals surface area contributed by atoms with E-state index in [9.17, 15) is 0 Å². The van der Waals surface area contributed by atoms with Gasteiger partial charge >= 0.3 is 0 Å². The fourth-order valence-electron chi connectivity index (χ4n) is 1.03. The van der Waals surface area contributed by atoms with Crippen LogP contribution in [0, 0.1) is 0 Å². The van der Waals surface area contributed by atoms with Crippen molar-refractivity contribution in [2.45, 2.75) is 23.2 Å². The number of hydrogen-bond acceptors (Lipinski definition) is 6. The van der Waals surface area contributed by atoms with Gasteiger partial charge in [0, 0.05) is 11.5 Å². The predicted molar refractivity (Wildman–Crippen MR) is 84.7 cm³/mol. The van der Waals surface area contributed by atoms with E-state index >= 15 is 0 Å². The molecule has 10 heteroatoms. The van der Waals surface area contributed by atoms with Crippen LogP contribution in [0.5, 0.6) is 0 Å². The third-order valence-corrected chi connectivity index (χ3v) is 11.6. The van der Waals surface area contributed by atoms with Gasteiger partial charge in [-0.1, -0.05) is 21.6 Å². The van der Waals surface area contributed by atoms with E-state index in [1.165, 1.54) is 0 Å². The van der Waals surface area contributed by atoms with Crippen molar-refractivity contribution < 1.29 is 19.2 Å². The summed E-state index contributed by atoms with van der Waals surface area (Å²) < 4.78 is 0. The monoisotopic (exact) mass is 334 g/mol. The van der Waals surface area contributed by atoms with Crippen molar-refractivity contribution in [3.8, 4) is 0 Å². The van der Waals surface area contributed by atoms with E-state index in [2.05, 4.69) is 0 Å². The fraction of sp³-hybridized carbons (Fsp3) is 1.00. The van der Waals surface area contributed by atoms with Crippen LogP contribution in [0.15, 0.2) is 0 Å². The molecule has 0 bridgehead atoms. The molecule has 0 aliphatic rings. The minimum atomic E-state index is -0.998. The van der Waals surface area contributed by atoms with E-state index in [1.807, 2.05) is 0 Å². The fourth-order valence-corrected chi connectivity index (χ4v) is 7.06. The Hall–Kier alpha value is 1.41. The molecule has 0 aliphatic carbocycles. The molecule has 0 radical (unpaired) electrons. The van der Waals surface area contributed by atoms with Crippen molar-refractivity contribution in [2.75, 3.05) is 11.5 Å². The third-order valence-electron chi connectivity index (χ3n) is 2.33. The van der Waals surface area contributed by atoms with Crippen LogP contribution < -0.4 is 0 Å². The Labute approximate surface area is 114 Å². The van der Waals surface area contributed by atoms with E-state index in [0.717, 1.165) is 24.3 Å². The number of rotatable bonds is 11.